The van der Waals surface area contributed by atoms with Gasteiger partial charge in [0.25, 0.3) is 0 Å². The van der Waals surface area contributed by atoms with Gasteiger partial charge in [0.05, 0.1) is 0 Å². The number of aromatic nitrogens is 4. The average molecular weight is 372 g/mol. The molecule has 3 N–H and O–H groups in total. The van der Waals surface area contributed by atoms with Gasteiger partial charge in [-0.15, -0.1) is 10.2 Å². The van der Waals surface area contributed by atoms with E-state index in [2.05, 4.69) is 20.7 Å². The number of amides is 2. The molecule has 138 valence electrons. The van der Waals surface area contributed by atoms with Crippen molar-refractivity contribution in [1.29, 1.82) is 0 Å². The molecule has 2 amide bonds. The Morgan fingerprint density at radius 3 is 2.50 bits per heavy atom. The monoisotopic (exact) mass is 372 g/mol. The summed E-state index contributed by atoms with van der Waals surface area (Å²) in [5.74, 6) is -0.411. The molecule has 1 heterocycles. The first-order valence-electron chi connectivity index (χ1n) is 8.56. The number of hydrogen-bond acceptors (Lipinski definition) is 5. The number of fused-ring (bicyclic) bond motifs is 1. The number of anilines is 1. The fraction of sp³-hybridized carbons (Fsp3) is 0.0500. The Kier molecular flexibility index (Phi) is 4.51. The smallest absolute Gasteiger partial charge is 0.248 e. The van der Waals surface area contributed by atoms with Gasteiger partial charge in [0, 0.05) is 22.2 Å². The number of carbonyl (C=O) groups excluding carboxylic acids is 2. The lowest BCUT2D eigenvalue weighted by atomic mass is 10.1. The summed E-state index contributed by atoms with van der Waals surface area (Å²) in [6, 6.07) is 20.1. The maximum Gasteiger partial charge on any atom is 0.248 e. The standard InChI is InChI=1S/C20H16N6O2/c21-19(28)14-8-10-15(11-9-14)20-23-25-26(24-20)12-18(27)22-17-7-3-5-13-4-1-2-6-16(13)17/h1-11H,12H2,(H2,21,28)(H,22,27). The summed E-state index contributed by atoms with van der Waals surface area (Å²) in [4.78, 5) is 24.8. The summed E-state index contributed by atoms with van der Waals surface area (Å²) in [6.45, 7) is -0.0738. The first-order chi connectivity index (χ1) is 13.6. The third-order valence-electron chi connectivity index (χ3n) is 4.23. The van der Waals surface area contributed by atoms with E-state index in [-0.39, 0.29) is 12.5 Å². The van der Waals surface area contributed by atoms with E-state index in [1.54, 1.807) is 24.3 Å². The van der Waals surface area contributed by atoms with Crippen LogP contribution in [-0.4, -0.2) is 32.0 Å². The minimum Gasteiger partial charge on any atom is -0.366 e. The van der Waals surface area contributed by atoms with Crippen LogP contribution >= 0.6 is 0 Å². The van der Waals surface area contributed by atoms with E-state index >= 15 is 0 Å². The van der Waals surface area contributed by atoms with E-state index in [0.29, 0.717) is 17.0 Å². The first-order valence-corrected chi connectivity index (χ1v) is 8.56. The van der Waals surface area contributed by atoms with Crippen LogP contribution in [0.2, 0.25) is 0 Å². The molecule has 0 bridgehead atoms. The highest BCUT2D eigenvalue weighted by molar-refractivity contribution is 6.02. The molecule has 4 aromatic rings. The van der Waals surface area contributed by atoms with E-state index in [1.807, 2.05) is 42.5 Å². The molecule has 0 spiro atoms. The van der Waals surface area contributed by atoms with Gasteiger partial charge in [-0.2, -0.15) is 4.80 Å². The van der Waals surface area contributed by atoms with Crippen molar-refractivity contribution in [1.82, 2.24) is 20.2 Å². The van der Waals surface area contributed by atoms with Crippen molar-refractivity contribution in [3.8, 4) is 11.4 Å². The largest absolute Gasteiger partial charge is 0.366 e. The number of carbonyl (C=O) groups is 2. The van der Waals surface area contributed by atoms with Crippen LogP contribution in [0.15, 0.2) is 66.7 Å². The summed E-state index contributed by atoms with van der Waals surface area (Å²) in [5, 5.41) is 17.0. The summed E-state index contributed by atoms with van der Waals surface area (Å²) in [5.41, 5.74) is 7.02. The second-order valence-electron chi connectivity index (χ2n) is 6.16. The first kappa shape index (κ1) is 17.3. The highest BCUT2D eigenvalue weighted by Gasteiger charge is 2.11. The zero-order valence-corrected chi connectivity index (χ0v) is 14.7. The zero-order chi connectivity index (χ0) is 19.5. The molecule has 3 aromatic carbocycles. The van der Waals surface area contributed by atoms with Gasteiger partial charge in [-0.1, -0.05) is 48.5 Å². The maximum absolute atomic E-state index is 12.4. The number of tetrazole rings is 1. The SMILES string of the molecule is NC(=O)c1ccc(-c2nnn(CC(=O)Nc3cccc4ccccc34)n2)cc1. The molecule has 0 saturated carbocycles. The molecule has 0 atom stereocenters. The highest BCUT2D eigenvalue weighted by Crippen LogP contribution is 2.23. The molecule has 0 aliphatic heterocycles. The van der Waals surface area contributed by atoms with E-state index < -0.39 is 5.91 Å². The van der Waals surface area contributed by atoms with Gasteiger partial charge in [0.2, 0.25) is 17.6 Å². The number of benzene rings is 3. The number of nitrogens with one attached hydrogen (secondary N) is 1. The quantitative estimate of drug-likeness (QED) is 0.557. The van der Waals surface area contributed by atoms with Crippen molar-refractivity contribution < 1.29 is 9.59 Å². The predicted octanol–water partition coefficient (Wildman–Crippen LogP) is 2.23. The van der Waals surface area contributed by atoms with Gasteiger partial charge in [0.15, 0.2) is 0 Å². The fourth-order valence-electron chi connectivity index (χ4n) is 2.86. The summed E-state index contributed by atoms with van der Waals surface area (Å²) < 4.78 is 0. The number of nitrogens with zero attached hydrogens (tertiary/aromatic N) is 4. The molecule has 1 aromatic heterocycles. The van der Waals surface area contributed by atoms with Gasteiger partial charge >= 0.3 is 0 Å². The fourth-order valence-corrected chi connectivity index (χ4v) is 2.86. The third kappa shape index (κ3) is 3.56. The van der Waals surface area contributed by atoms with Crippen LogP contribution in [0.4, 0.5) is 5.69 Å². The van der Waals surface area contributed by atoms with Gasteiger partial charge in [-0.25, -0.2) is 0 Å². The molecule has 4 rings (SSSR count). The van der Waals surface area contributed by atoms with Crippen molar-refractivity contribution >= 4 is 28.3 Å². The Labute approximate surface area is 160 Å². The number of hydrogen-bond donors (Lipinski definition) is 2. The molecule has 0 radical (unpaired) electrons. The molecular formula is C20H16N6O2. The summed E-state index contributed by atoms with van der Waals surface area (Å²) in [6.07, 6.45) is 0. The van der Waals surface area contributed by atoms with Gasteiger partial charge in [-0.3, -0.25) is 9.59 Å². The van der Waals surface area contributed by atoms with Crippen molar-refractivity contribution in [2.75, 3.05) is 5.32 Å². The normalized spacial score (nSPS) is 10.7. The predicted molar refractivity (Wildman–Crippen MR) is 104 cm³/mol. The molecule has 0 unspecified atom stereocenters. The highest BCUT2D eigenvalue weighted by atomic mass is 16.2. The lowest BCUT2D eigenvalue weighted by molar-refractivity contribution is -0.117. The Bertz CT molecular complexity index is 1160. The average Bonchev–Trinajstić information content (AvgIpc) is 3.16. The molecule has 8 nitrogen and oxygen atoms in total. The van der Waals surface area contributed by atoms with Crippen LogP contribution in [0.5, 0.6) is 0 Å². The molecule has 0 aliphatic carbocycles. The van der Waals surface area contributed by atoms with Crippen LogP contribution < -0.4 is 11.1 Å². The molecule has 28 heavy (non-hydrogen) atoms. The van der Waals surface area contributed by atoms with E-state index in [4.69, 9.17) is 5.73 Å². The van der Waals surface area contributed by atoms with Crippen LogP contribution in [-0.2, 0) is 11.3 Å². The molecule has 8 heteroatoms. The lowest BCUT2D eigenvalue weighted by Crippen LogP contribution is -2.20. The Morgan fingerprint density at radius 1 is 0.964 bits per heavy atom. The second-order valence-corrected chi connectivity index (χ2v) is 6.16. The lowest BCUT2D eigenvalue weighted by Gasteiger charge is -2.08. The second kappa shape index (κ2) is 7.28. The molecule has 0 aliphatic rings. The molecule has 0 saturated heterocycles. The minimum atomic E-state index is -0.506. The van der Waals surface area contributed by atoms with E-state index in [9.17, 15) is 9.59 Å². The van der Waals surface area contributed by atoms with Gasteiger partial charge in [-0.05, 0) is 28.8 Å². The van der Waals surface area contributed by atoms with Crippen LogP contribution in [0, 0.1) is 0 Å². The van der Waals surface area contributed by atoms with Crippen LogP contribution in [0.1, 0.15) is 10.4 Å². The number of primary amides is 1. The molecule has 0 fully saturated rings. The van der Waals surface area contributed by atoms with Crippen LogP contribution in [0.25, 0.3) is 22.2 Å². The van der Waals surface area contributed by atoms with E-state index in [1.165, 1.54) is 4.80 Å². The number of rotatable bonds is 5. The third-order valence-corrected chi connectivity index (χ3v) is 4.23. The zero-order valence-electron chi connectivity index (χ0n) is 14.7. The summed E-state index contributed by atoms with van der Waals surface area (Å²) >= 11 is 0. The minimum absolute atomic E-state index is 0.0738. The van der Waals surface area contributed by atoms with E-state index in [0.717, 1.165) is 16.5 Å². The van der Waals surface area contributed by atoms with Crippen molar-refractivity contribution in [2.24, 2.45) is 5.73 Å². The van der Waals surface area contributed by atoms with Crippen molar-refractivity contribution in [3.63, 3.8) is 0 Å². The Morgan fingerprint density at radius 2 is 1.71 bits per heavy atom. The topological polar surface area (TPSA) is 116 Å². The van der Waals surface area contributed by atoms with Crippen LogP contribution in [0.3, 0.4) is 0 Å². The maximum atomic E-state index is 12.4. The Hall–Kier alpha value is -4.07. The number of nitrogens with two attached hydrogens (primary N) is 1. The molecular weight excluding hydrogens is 356 g/mol. The van der Waals surface area contributed by atoms with Crippen molar-refractivity contribution in [2.45, 2.75) is 6.54 Å². The van der Waals surface area contributed by atoms with Crippen molar-refractivity contribution in [3.05, 3.63) is 72.3 Å². The summed E-state index contributed by atoms with van der Waals surface area (Å²) in [7, 11) is 0. The Balaban J connectivity index is 1.47. The van der Waals surface area contributed by atoms with Gasteiger partial charge in [0.1, 0.15) is 6.54 Å². The van der Waals surface area contributed by atoms with Gasteiger partial charge < -0.3 is 11.1 Å².